The quantitative estimate of drug-likeness (QED) is 0.787. The van der Waals surface area contributed by atoms with Crippen molar-refractivity contribution in [2.75, 3.05) is 5.73 Å². The van der Waals surface area contributed by atoms with E-state index in [1.165, 1.54) is 6.07 Å². The van der Waals surface area contributed by atoms with Gasteiger partial charge < -0.3 is 5.73 Å². The zero-order chi connectivity index (χ0) is 12.6. The van der Waals surface area contributed by atoms with Crippen LogP contribution in [0.15, 0.2) is 18.2 Å². The minimum absolute atomic E-state index is 0.442. The first-order valence-corrected chi connectivity index (χ1v) is 5.77. The third-order valence-electron chi connectivity index (χ3n) is 3.07. The molecule has 2 aromatic rings. The van der Waals surface area contributed by atoms with E-state index >= 15 is 0 Å². The van der Waals surface area contributed by atoms with Crippen LogP contribution in [0, 0.1) is 11.6 Å². The molecule has 0 saturated carbocycles. The molecule has 0 radical (unpaired) electrons. The summed E-state index contributed by atoms with van der Waals surface area (Å²) in [6, 6.07) is 4.74. The summed E-state index contributed by atoms with van der Waals surface area (Å²) < 4.78 is 27.2. The Bertz CT molecular complexity index is 576. The molecule has 0 spiro atoms. The van der Waals surface area contributed by atoms with Gasteiger partial charge >= 0.3 is 0 Å². The first-order valence-electron chi connectivity index (χ1n) is 5.77. The van der Waals surface area contributed by atoms with E-state index in [0.717, 1.165) is 17.4 Å². The summed E-state index contributed by atoms with van der Waals surface area (Å²) in [6.45, 7) is 3.81. The molecule has 0 aromatic heterocycles. The van der Waals surface area contributed by atoms with Gasteiger partial charge in [0, 0.05) is 5.69 Å². The predicted molar refractivity (Wildman–Crippen MR) is 67.0 cm³/mol. The van der Waals surface area contributed by atoms with Crippen LogP contribution in [0.4, 0.5) is 14.5 Å². The molecule has 0 amide bonds. The third kappa shape index (κ3) is 1.86. The lowest BCUT2D eigenvalue weighted by atomic mass is 9.95. The summed E-state index contributed by atoms with van der Waals surface area (Å²) in [6.07, 6.45) is 1.22. The Balaban J connectivity index is 2.95. The molecule has 90 valence electrons. The lowest BCUT2D eigenvalue weighted by molar-refractivity contribution is 0.502. The summed E-state index contributed by atoms with van der Waals surface area (Å²) >= 11 is 0. The van der Waals surface area contributed by atoms with Crippen molar-refractivity contribution in [1.29, 1.82) is 0 Å². The van der Waals surface area contributed by atoms with Crippen LogP contribution < -0.4 is 5.73 Å². The molecular weight excluding hydrogens is 220 g/mol. The number of anilines is 1. The second-order valence-electron chi connectivity index (χ2n) is 4.14. The molecule has 0 atom stereocenters. The highest BCUT2D eigenvalue weighted by molar-refractivity contribution is 5.91. The van der Waals surface area contributed by atoms with Crippen LogP contribution in [0.25, 0.3) is 10.8 Å². The molecule has 0 aliphatic rings. The van der Waals surface area contributed by atoms with Crippen LogP contribution >= 0.6 is 0 Å². The summed E-state index contributed by atoms with van der Waals surface area (Å²) in [4.78, 5) is 0. The first-order chi connectivity index (χ1) is 8.08. The number of hydrogen-bond acceptors (Lipinski definition) is 1. The third-order valence-corrected chi connectivity index (χ3v) is 3.07. The Kier molecular flexibility index (Phi) is 3.01. The largest absolute Gasteiger partial charge is 0.399 e. The maximum absolute atomic E-state index is 13.7. The highest BCUT2D eigenvalue weighted by Crippen LogP contribution is 2.30. The van der Waals surface area contributed by atoms with E-state index < -0.39 is 11.6 Å². The van der Waals surface area contributed by atoms with Crippen molar-refractivity contribution in [3.05, 3.63) is 41.0 Å². The molecule has 0 fully saturated rings. The van der Waals surface area contributed by atoms with Gasteiger partial charge in [0.2, 0.25) is 0 Å². The fourth-order valence-corrected chi connectivity index (χ4v) is 2.30. The van der Waals surface area contributed by atoms with Crippen LogP contribution in [-0.4, -0.2) is 0 Å². The molecule has 2 N–H and O–H groups in total. The van der Waals surface area contributed by atoms with Gasteiger partial charge in [-0.25, -0.2) is 8.78 Å². The Morgan fingerprint density at radius 3 is 2.35 bits per heavy atom. The van der Waals surface area contributed by atoms with Gasteiger partial charge in [0.25, 0.3) is 0 Å². The molecule has 3 heteroatoms. The molecule has 0 unspecified atom stereocenters. The van der Waals surface area contributed by atoms with Crippen molar-refractivity contribution in [2.24, 2.45) is 0 Å². The van der Waals surface area contributed by atoms with Gasteiger partial charge in [0.05, 0.1) is 0 Å². The topological polar surface area (TPSA) is 26.0 Å². The molecule has 0 aliphatic heterocycles. The van der Waals surface area contributed by atoms with Crippen molar-refractivity contribution in [3.8, 4) is 0 Å². The van der Waals surface area contributed by atoms with Gasteiger partial charge in [-0.1, -0.05) is 13.8 Å². The fraction of sp³-hybridized carbons (Fsp3) is 0.286. The van der Waals surface area contributed by atoms with Gasteiger partial charge in [0.1, 0.15) is 0 Å². The highest BCUT2D eigenvalue weighted by Gasteiger charge is 2.14. The molecule has 0 saturated heterocycles. The van der Waals surface area contributed by atoms with Gasteiger partial charge in [-0.05, 0) is 52.9 Å². The van der Waals surface area contributed by atoms with Crippen molar-refractivity contribution in [2.45, 2.75) is 26.7 Å². The van der Waals surface area contributed by atoms with Gasteiger partial charge in [-0.3, -0.25) is 0 Å². The number of nitrogens with two attached hydrogens (primary N) is 1. The summed E-state index contributed by atoms with van der Waals surface area (Å²) in [5, 5.41) is 1.49. The number of nitrogen functional groups attached to an aromatic ring is 1. The van der Waals surface area contributed by atoms with Gasteiger partial charge in [-0.2, -0.15) is 0 Å². The number of benzene rings is 2. The monoisotopic (exact) mass is 235 g/mol. The average molecular weight is 235 g/mol. The molecule has 17 heavy (non-hydrogen) atoms. The summed E-state index contributed by atoms with van der Waals surface area (Å²) in [5.41, 5.74) is 7.76. The van der Waals surface area contributed by atoms with E-state index in [-0.39, 0.29) is 0 Å². The Morgan fingerprint density at radius 1 is 1.06 bits per heavy atom. The van der Waals surface area contributed by atoms with Crippen molar-refractivity contribution < 1.29 is 8.78 Å². The van der Waals surface area contributed by atoms with Crippen molar-refractivity contribution in [3.63, 3.8) is 0 Å². The zero-order valence-corrected chi connectivity index (χ0v) is 9.98. The second kappa shape index (κ2) is 4.32. The number of hydrogen-bond donors (Lipinski definition) is 1. The van der Waals surface area contributed by atoms with Gasteiger partial charge in [0.15, 0.2) is 11.6 Å². The van der Waals surface area contributed by atoms with Crippen LogP contribution in [0.2, 0.25) is 0 Å². The maximum Gasteiger partial charge on any atom is 0.162 e. The average Bonchev–Trinajstić information content (AvgIpc) is 2.30. The van der Waals surface area contributed by atoms with E-state index in [1.54, 1.807) is 6.07 Å². The molecule has 0 bridgehead atoms. The number of fused-ring (bicyclic) bond motifs is 1. The Labute approximate surface area is 99.2 Å². The van der Waals surface area contributed by atoms with Crippen LogP contribution in [0.3, 0.4) is 0 Å². The minimum atomic E-state index is -0.804. The standard InChI is InChI=1S/C14H15F2N/c1-3-8-5-10(17)6-9-7-12(15)14(16)11(4-2)13(8)9/h5-7H,3-4,17H2,1-2H3. The SMILES string of the molecule is CCc1cc(N)cc2cc(F)c(F)c(CC)c12. The normalized spacial score (nSPS) is 11.1. The maximum atomic E-state index is 13.7. The van der Waals surface area contributed by atoms with Crippen LogP contribution in [0.1, 0.15) is 25.0 Å². The van der Waals surface area contributed by atoms with Crippen molar-refractivity contribution >= 4 is 16.5 Å². The van der Waals surface area contributed by atoms with E-state index in [4.69, 9.17) is 5.73 Å². The fourth-order valence-electron chi connectivity index (χ4n) is 2.30. The number of rotatable bonds is 2. The van der Waals surface area contributed by atoms with E-state index in [1.807, 2.05) is 19.9 Å². The number of halogens is 2. The van der Waals surface area contributed by atoms with Gasteiger partial charge in [-0.15, -0.1) is 0 Å². The zero-order valence-electron chi connectivity index (χ0n) is 9.98. The highest BCUT2D eigenvalue weighted by atomic mass is 19.2. The lowest BCUT2D eigenvalue weighted by Crippen LogP contribution is -1.99. The molecule has 0 aliphatic carbocycles. The first kappa shape index (κ1) is 11.8. The molecule has 0 heterocycles. The minimum Gasteiger partial charge on any atom is -0.399 e. The van der Waals surface area contributed by atoms with Crippen molar-refractivity contribution in [1.82, 2.24) is 0 Å². The molecule has 2 aromatic carbocycles. The molecule has 1 nitrogen and oxygen atoms in total. The lowest BCUT2D eigenvalue weighted by Gasteiger charge is -2.12. The number of aryl methyl sites for hydroxylation is 2. The van der Waals surface area contributed by atoms with E-state index in [9.17, 15) is 8.78 Å². The van der Waals surface area contributed by atoms with Crippen LogP contribution in [0.5, 0.6) is 0 Å². The predicted octanol–water partition coefficient (Wildman–Crippen LogP) is 3.83. The molecular formula is C14H15F2N. The summed E-state index contributed by atoms with van der Waals surface area (Å²) in [5.74, 6) is -1.54. The second-order valence-corrected chi connectivity index (χ2v) is 4.14. The van der Waals surface area contributed by atoms with Crippen LogP contribution in [-0.2, 0) is 12.8 Å². The van der Waals surface area contributed by atoms with E-state index in [2.05, 4.69) is 0 Å². The molecule has 2 rings (SSSR count). The Morgan fingerprint density at radius 2 is 1.76 bits per heavy atom. The summed E-state index contributed by atoms with van der Waals surface area (Å²) in [7, 11) is 0. The smallest absolute Gasteiger partial charge is 0.162 e. The van der Waals surface area contributed by atoms with E-state index in [0.29, 0.717) is 23.1 Å². The Hall–Kier alpha value is -1.64.